The SMILES string of the molecule is CCOCC(NC(=O)NC(CC)C(=O)O)C(C)C. The summed E-state index contributed by atoms with van der Waals surface area (Å²) in [7, 11) is 0. The maximum absolute atomic E-state index is 11.7. The molecule has 0 bridgehead atoms. The highest BCUT2D eigenvalue weighted by molar-refractivity contribution is 5.82. The van der Waals surface area contributed by atoms with E-state index in [0.29, 0.717) is 19.6 Å². The van der Waals surface area contributed by atoms with Crippen LogP contribution >= 0.6 is 0 Å². The van der Waals surface area contributed by atoms with Gasteiger partial charge in [0, 0.05) is 6.61 Å². The number of urea groups is 1. The lowest BCUT2D eigenvalue weighted by Gasteiger charge is -2.23. The fourth-order valence-electron chi connectivity index (χ4n) is 1.35. The first kappa shape index (κ1) is 16.7. The third-order valence-electron chi connectivity index (χ3n) is 2.63. The molecule has 0 saturated carbocycles. The molecular formula is C12H24N2O4. The molecule has 6 nitrogen and oxygen atoms in total. The minimum absolute atomic E-state index is 0.128. The quantitative estimate of drug-likeness (QED) is 0.612. The molecule has 0 heterocycles. The first-order chi connectivity index (χ1) is 8.42. The van der Waals surface area contributed by atoms with Gasteiger partial charge in [0.25, 0.3) is 0 Å². The molecule has 0 rings (SSSR count). The summed E-state index contributed by atoms with van der Waals surface area (Å²) in [4.78, 5) is 22.4. The fraction of sp³-hybridized carbons (Fsp3) is 0.833. The van der Waals surface area contributed by atoms with Gasteiger partial charge in [-0.2, -0.15) is 0 Å². The van der Waals surface area contributed by atoms with Crippen LogP contribution in [0, 0.1) is 5.92 Å². The third-order valence-corrected chi connectivity index (χ3v) is 2.63. The van der Waals surface area contributed by atoms with Crippen LogP contribution in [0.1, 0.15) is 34.1 Å². The molecule has 0 aliphatic heterocycles. The van der Waals surface area contributed by atoms with Crippen molar-refractivity contribution in [3.05, 3.63) is 0 Å². The third kappa shape index (κ3) is 6.44. The van der Waals surface area contributed by atoms with Gasteiger partial charge in [-0.1, -0.05) is 20.8 Å². The van der Waals surface area contributed by atoms with Crippen molar-refractivity contribution >= 4 is 12.0 Å². The van der Waals surface area contributed by atoms with Crippen LogP contribution in [0.4, 0.5) is 4.79 Å². The Balaban J connectivity index is 4.28. The Morgan fingerprint density at radius 3 is 2.22 bits per heavy atom. The number of nitrogens with one attached hydrogen (secondary N) is 2. The Bertz CT molecular complexity index is 269. The Hall–Kier alpha value is -1.30. The standard InChI is InChI=1S/C12H24N2O4/c1-5-9(11(15)16)13-12(17)14-10(8(3)4)7-18-6-2/h8-10H,5-7H2,1-4H3,(H,15,16)(H2,13,14,17). The summed E-state index contributed by atoms with van der Waals surface area (Å²) >= 11 is 0. The predicted octanol–water partition coefficient (Wildman–Crippen LogP) is 1.21. The zero-order valence-corrected chi connectivity index (χ0v) is 11.5. The highest BCUT2D eigenvalue weighted by Crippen LogP contribution is 2.02. The fourth-order valence-corrected chi connectivity index (χ4v) is 1.35. The van der Waals surface area contributed by atoms with E-state index < -0.39 is 18.0 Å². The summed E-state index contributed by atoms with van der Waals surface area (Å²) in [6.07, 6.45) is 0.348. The average molecular weight is 260 g/mol. The van der Waals surface area contributed by atoms with Crippen molar-refractivity contribution in [3.63, 3.8) is 0 Å². The van der Waals surface area contributed by atoms with Gasteiger partial charge >= 0.3 is 12.0 Å². The highest BCUT2D eigenvalue weighted by Gasteiger charge is 2.21. The van der Waals surface area contributed by atoms with Crippen LogP contribution in [0.25, 0.3) is 0 Å². The Morgan fingerprint density at radius 2 is 1.83 bits per heavy atom. The second kappa shape index (κ2) is 8.74. The van der Waals surface area contributed by atoms with E-state index in [1.165, 1.54) is 0 Å². The maximum Gasteiger partial charge on any atom is 0.326 e. The molecule has 0 aromatic rings. The predicted molar refractivity (Wildman–Crippen MR) is 68.5 cm³/mol. The zero-order valence-electron chi connectivity index (χ0n) is 11.5. The molecule has 0 aromatic carbocycles. The monoisotopic (exact) mass is 260 g/mol. The van der Waals surface area contributed by atoms with Crippen LogP contribution in [0.3, 0.4) is 0 Å². The molecule has 0 spiro atoms. The number of carbonyl (C=O) groups is 2. The van der Waals surface area contributed by atoms with Crippen molar-refractivity contribution in [1.29, 1.82) is 0 Å². The Kier molecular flexibility index (Phi) is 8.11. The summed E-state index contributed by atoms with van der Waals surface area (Å²) in [6, 6.07) is -1.45. The zero-order chi connectivity index (χ0) is 14.1. The number of carbonyl (C=O) groups excluding carboxylic acids is 1. The van der Waals surface area contributed by atoms with Crippen molar-refractivity contribution in [2.24, 2.45) is 5.92 Å². The maximum atomic E-state index is 11.7. The second-order valence-electron chi connectivity index (χ2n) is 4.43. The molecular weight excluding hydrogens is 236 g/mol. The molecule has 106 valence electrons. The van der Waals surface area contributed by atoms with Gasteiger partial charge in [-0.15, -0.1) is 0 Å². The van der Waals surface area contributed by atoms with Crippen molar-refractivity contribution in [2.75, 3.05) is 13.2 Å². The van der Waals surface area contributed by atoms with Crippen LogP contribution in [0.15, 0.2) is 0 Å². The number of ether oxygens (including phenoxy) is 1. The van der Waals surface area contributed by atoms with Gasteiger partial charge in [0.1, 0.15) is 6.04 Å². The molecule has 0 saturated heterocycles. The minimum Gasteiger partial charge on any atom is -0.480 e. The molecule has 0 aliphatic carbocycles. The van der Waals surface area contributed by atoms with E-state index in [4.69, 9.17) is 9.84 Å². The molecule has 0 aromatic heterocycles. The van der Waals surface area contributed by atoms with Crippen molar-refractivity contribution < 1.29 is 19.4 Å². The largest absolute Gasteiger partial charge is 0.480 e. The van der Waals surface area contributed by atoms with Gasteiger partial charge in [-0.25, -0.2) is 9.59 Å². The summed E-state index contributed by atoms with van der Waals surface area (Å²) in [6.45, 7) is 8.54. The summed E-state index contributed by atoms with van der Waals surface area (Å²) < 4.78 is 5.28. The van der Waals surface area contributed by atoms with Gasteiger partial charge in [0.15, 0.2) is 0 Å². The molecule has 2 unspecified atom stereocenters. The van der Waals surface area contributed by atoms with E-state index in [2.05, 4.69) is 10.6 Å². The smallest absolute Gasteiger partial charge is 0.326 e. The van der Waals surface area contributed by atoms with Crippen LogP contribution in [-0.4, -0.2) is 42.4 Å². The lowest BCUT2D eigenvalue weighted by atomic mass is 10.1. The number of rotatable bonds is 8. The number of carboxylic acids is 1. The lowest BCUT2D eigenvalue weighted by Crippen LogP contribution is -2.51. The number of hydrogen-bond acceptors (Lipinski definition) is 3. The molecule has 6 heteroatoms. The molecule has 0 radical (unpaired) electrons. The van der Waals surface area contributed by atoms with Crippen molar-refractivity contribution in [2.45, 2.75) is 46.2 Å². The topological polar surface area (TPSA) is 87.7 Å². The van der Waals surface area contributed by atoms with E-state index in [1.807, 2.05) is 20.8 Å². The average Bonchev–Trinajstić information content (AvgIpc) is 2.30. The summed E-state index contributed by atoms with van der Waals surface area (Å²) in [5, 5.41) is 14.0. The van der Waals surface area contributed by atoms with Gasteiger partial charge in [0.2, 0.25) is 0 Å². The minimum atomic E-state index is -1.03. The van der Waals surface area contributed by atoms with Crippen molar-refractivity contribution in [3.8, 4) is 0 Å². The van der Waals surface area contributed by atoms with Crippen LogP contribution in [-0.2, 0) is 9.53 Å². The normalized spacial score (nSPS) is 14.1. The van der Waals surface area contributed by atoms with E-state index in [9.17, 15) is 9.59 Å². The summed E-state index contributed by atoms with van der Waals surface area (Å²) in [5.74, 6) is -0.814. The number of amides is 2. The molecule has 0 fully saturated rings. The van der Waals surface area contributed by atoms with E-state index >= 15 is 0 Å². The number of hydrogen-bond donors (Lipinski definition) is 3. The first-order valence-corrected chi connectivity index (χ1v) is 6.29. The van der Waals surface area contributed by atoms with Gasteiger partial charge in [-0.05, 0) is 19.3 Å². The van der Waals surface area contributed by atoms with Crippen LogP contribution in [0.2, 0.25) is 0 Å². The number of aliphatic carboxylic acids is 1. The molecule has 18 heavy (non-hydrogen) atoms. The second-order valence-corrected chi connectivity index (χ2v) is 4.43. The molecule has 2 atom stereocenters. The van der Waals surface area contributed by atoms with Crippen LogP contribution < -0.4 is 10.6 Å². The van der Waals surface area contributed by atoms with Crippen LogP contribution in [0.5, 0.6) is 0 Å². The van der Waals surface area contributed by atoms with Gasteiger partial charge in [-0.3, -0.25) is 0 Å². The van der Waals surface area contributed by atoms with E-state index in [-0.39, 0.29) is 12.0 Å². The lowest BCUT2D eigenvalue weighted by molar-refractivity contribution is -0.139. The Morgan fingerprint density at radius 1 is 1.22 bits per heavy atom. The van der Waals surface area contributed by atoms with Crippen molar-refractivity contribution in [1.82, 2.24) is 10.6 Å². The van der Waals surface area contributed by atoms with Gasteiger partial charge in [0.05, 0.1) is 12.6 Å². The molecule has 0 aliphatic rings. The molecule has 2 amide bonds. The first-order valence-electron chi connectivity index (χ1n) is 6.29. The number of carboxylic acid groups (broad SMARTS) is 1. The van der Waals surface area contributed by atoms with Gasteiger partial charge < -0.3 is 20.5 Å². The summed E-state index contributed by atoms with van der Waals surface area (Å²) in [5.41, 5.74) is 0. The van der Waals surface area contributed by atoms with E-state index in [1.54, 1.807) is 6.92 Å². The highest BCUT2D eigenvalue weighted by atomic mass is 16.5. The molecule has 3 N–H and O–H groups in total. The Labute approximate surface area is 108 Å². The van der Waals surface area contributed by atoms with E-state index in [0.717, 1.165) is 0 Å².